The molecule has 57 heavy (non-hydrogen) atoms. The molecule has 0 aliphatic carbocycles. The van der Waals surface area contributed by atoms with E-state index in [1.54, 1.807) is 0 Å². The third-order valence-electron chi connectivity index (χ3n) is 11.5. The van der Waals surface area contributed by atoms with Gasteiger partial charge in [-0.15, -0.1) is 0 Å². The van der Waals surface area contributed by atoms with Crippen molar-refractivity contribution in [2.24, 2.45) is 4.99 Å². The third kappa shape index (κ3) is 5.04. The summed E-state index contributed by atoms with van der Waals surface area (Å²) in [6.07, 6.45) is -0.542. The normalized spacial score (nSPS) is 15.9. The van der Waals surface area contributed by atoms with Crippen molar-refractivity contribution < 1.29 is 8.83 Å². The first-order valence-corrected chi connectivity index (χ1v) is 19.4. The maximum absolute atomic E-state index is 6.92. The van der Waals surface area contributed by atoms with E-state index in [-0.39, 0.29) is 12.3 Å². The van der Waals surface area contributed by atoms with Crippen LogP contribution in [0.5, 0.6) is 0 Å². The number of nitrogens with zero attached hydrogens (tertiary/aromatic N) is 2. The molecule has 0 fully saturated rings. The minimum absolute atomic E-state index is 0.169. The fourth-order valence-corrected chi connectivity index (χ4v) is 8.87. The van der Waals surface area contributed by atoms with Gasteiger partial charge in [-0.05, 0) is 65.2 Å². The average Bonchev–Trinajstić information content (AvgIpc) is 3.96. The van der Waals surface area contributed by atoms with Crippen molar-refractivity contribution in [2.45, 2.75) is 12.3 Å². The number of hydrogen-bond donors (Lipinski definition) is 2. The molecule has 0 radical (unpaired) electrons. The van der Waals surface area contributed by atoms with Crippen LogP contribution < -0.4 is 10.6 Å². The van der Waals surface area contributed by atoms with Crippen molar-refractivity contribution in [3.05, 3.63) is 199 Å². The molecule has 12 rings (SSSR count). The maximum Gasteiger partial charge on any atom is 0.145 e. The van der Waals surface area contributed by atoms with Crippen molar-refractivity contribution in [3.8, 4) is 16.8 Å². The predicted molar refractivity (Wildman–Crippen MR) is 232 cm³/mol. The molecule has 2 N–H and O–H groups in total. The van der Waals surface area contributed by atoms with Gasteiger partial charge in [0.1, 0.15) is 40.5 Å². The monoisotopic (exact) mass is 734 g/mol. The van der Waals surface area contributed by atoms with Crippen molar-refractivity contribution in [1.82, 2.24) is 15.2 Å². The second kappa shape index (κ2) is 12.6. The van der Waals surface area contributed by atoms with Gasteiger partial charge in [0.25, 0.3) is 0 Å². The number of furan rings is 2. The summed E-state index contributed by atoms with van der Waals surface area (Å²) in [7, 11) is 0. The van der Waals surface area contributed by atoms with E-state index in [1.165, 1.54) is 0 Å². The molecule has 0 saturated heterocycles. The number of rotatable bonds is 5. The highest BCUT2D eigenvalue weighted by Crippen LogP contribution is 2.43. The molecular weight excluding hydrogens is 701 g/mol. The first kappa shape index (κ1) is 31.9. The lowest BCUT2D eigenvalue weighted by Gasteiger charge is -2.32. The topological polar surface area (TPSA) is 67.6 Å². The van der Waals surface area contributed by atoms with Crippen LogP contribution in [0, 0.1) is 0 Å². The zero-order chi connectivity index (χ0) is 37.5. The molecule has 3 aromatic heterocycles. The highest BCUT2D eigenvalue weighted by molar-refractivity contribution is 6.24. The molecular formula is C51H34N4O2. The summed E-state index contributed by atoms with van der Waals surface area (Å²) < 4.78 is 15.8. The van der Waals surface area contributed by atoms with E-state index in [2.05, 4.69) is 173 Å². The highest BCUT2D eigenvalue weighted by atomic mass is 16.3. The lowest BCUT2D eigenvalue weighted by atomic mass is 9.96. The van der Waals surface area contributed by atoms with Gasteiger partial charge in [-0.3, -0.25) is 5.32 Å². The molecule has 6 heteroatoms. The summed E-state index contributed by atoms with van der Waals surface area (Å²) in [6, 6.07) is 63.7. The van der Waals surface area contributed by atoms with Crippen molar-refractivity contribution in [2.75, 3.05) is 0 Å². The van der Waals surface area contributed by atoms with Crippen LogP contribution in [-0.4, -0.2) is 10.4 Å². The van der Waals surface area contributed by atoms with Crippen LogP contribution in [0.15, 0.2) is 196 Å². The van der Waals surface area contributed by atoms with Gasteiger partial charge < -0.3 is 18.7 Å². The summed E-state index contributed by atoms with van der Waals surface area (Å²) in [6.45, 7) is 0. The lowest BCUT2D eigenvalue weighted by molar-refractivity contribution is 0.410. The van der Waals surface area contributed by atoms with Crippen LogP contribution in [0.4, 0.5) is 0 Å². The molecule has 0 amide bonds. The van der Waals surface area contributed by atoms with Crippen LogP contribution in [0.3, 0.4) is 0 Å². The number of para-hydroxylation sites is 2. The second-order valence-corrected chi connectivity index (χ2v) is 14.8. The Bertz CT molecular complexity index is 3360. The molecule has 0 saturated carbocycles. The minimum Gasteiger partial charge on any atom is -0.456 e. The molecule has 8 aromatic carbocycles. The van der Waals surface area contributed by atoms with Crippen LogP contribution in [0.25, 0.3) is 82.5 Å². The summed E-state index contributed by atoms with van der Waals surface area (Å²) >= 11 is 0. The molecule has 2 atom stereocenters. The fourth-order valence-electron chi connectivity index (χ4n) is 8.87. The SMILES string of the molecule is c1ccc(C2=NC(c3cc(-c4ccccc4)cc4oc5cc(-n6c7ccccc7c7c8oc9ccccc9c8ccc76)ccc5c34)NC(c3ccccc3)N2)cc1. The quantitative estimate of drug-likeness (QED) is 0.185. The largest absolute Gasteiger partial charge is 0.456 e. The molecule has 4 heterocycles. The fraction of sp³-hybridized carbons (Fsp3) is 0.0392. The molecule has 270 valence electrons. The summed E-state index contributed by atoms with van der Waals surface area (Å²) in [5.74, 6) is 0.839. The van der Waals surface area contributed by atoms with Crippen molar-refractivity contribution in [3.63, 3.8) is 0 Å². The van der Waals surface area contributed by atoms with Gasteiger partial charge in [-0.1, -0.05) is 127 Å². The van der Waals surface area contributed by atoms with Gasteiger partial charge in [0, 0.05) is 49.8 Å². The zero-order valence-corrected chi connectivity index (χ0v) is 30.7. The predicted octanol–water partition coefficient (Wildman–Crippen LogP) is 12.6. The summed E-state index contributed by atoms with van der Waals surface area (Å²) in [4.78, 5) is 5.38. The second-order valence-electron chi connectivity index (χ2n) is 14.8. The average molecular weight is 735 g/mol. The van der Waals surface area contributed by atoms with Crippen molar-refractivity contribution in [1.29, 1.82) is 0 Å². The Kier molecular flexibility index (Phi) is 7.03. The Labute approximate surface area is 327 Å². The first-order valence-electron chi connectivity index (χ1n) is 19.4. The van der Waals surface area contributed by atoms with Crippen LogP contribution in [-0.2, 0) is 0 Å². The number of aromatic nitrogens is 1. The van der Waals surface area contributed by atoms with Gasteiger partial charge in [0.05, 0.1) is 16.4 Å². The summed E-state index contributed by atoms with van der Waals surface area (Å²) in [5, 5.41) is 14.1. The smallest absolute Gasteiger partial charge is 0.145 e. The van der Waals surface area contributed by atoms with E-state index >= 15 is 0 Å². The van der Waals surface area contributed by atoms with Gasteiger partial charge in [-0.2, -0.15) is 0 Å². The Morgan fingerprint density at radius 2 is 1.18 bits per heavy atom. The maximum atomic E-state index is 6.92. The van der Waals surface area contributed by atoms with Gasteiger partial charge in [0.15, 0.2) is 0 Å². The third-order valence-corrected chi connectivity index (χ3v) is 11.5. The lowest BCUT2D eigenvalue weighted by Crippen LogP contribution is -2.45. The molecule has 1 aliphatic rings. The standard InChI is InChI=1S/C51H34N4O2/c1-4-14-31(15-5-1)34-28-40(51-53-49(32-16-6-2-7-17-32)52-50(54-51)33-18-8-3-9-19-33)46-39-25-24-35(30-44(39)56-45(46)29-34)55-41-22-12-10-21-38(41)47-42(55)27-26-37-36-20-11-13-23-43(36)57-48(37)47/h1-30,49,51,53H,(H,52,54). The van der Waals surface area contributed by atoms with Gasteiger partial charge >= 0.3 is 0 Å². The first-order chi connectivity index (χ1) is 28.2. The van der Waals surface area contributed by atoms with Gasteiger partial charge in [0.2, 0.25) is 0 Å². The van der Waals surface area contributed by atoms with Crippen LogP contribution >= 0.6 is 0 Å². The molecule has 11 aromatic rings. The minimum atomic E-state index is -0.373. The van der Waals surface area contributed by atoms with E-state index in [4.69, 9.17) is 13.8 Å². The summed E-state index contributed by atoms with van der Waals surface area (Å²) in [5.41, 5.74) is 12.0. The Hall–Kier alpha value is -7.41. The molecule has 1 aliphatic heterocycles. The Morgan fingerprint density at radius 1 is 0.474 bits per heavy atom. The van der Waals surface area contributed by atoms with Crippen LogP contribution in [0.2, 0.25) is 0 Å². The van der Waals surface area contributed by atoms with E-state index in [9.17, 15) is 0 Å². The van der Waals surface area contributed by atoms with E-state index in [0.717, 1.165) is 105 Å². The van der Waals surface area contributed by atoms with Gasteiger partial charge in [-0.25, -0.2) is 4.99 Å². The number of aliphatic imine (C=N–C) groups is 1. The number of amidine groups is 1. The number of nitrogens with one attached hydrogen (secondary N) is 2. The number of hydrogen-bond acceptors (Lipinski definition) is 5. The van der Waals surface area contributed by atoms with E-state index in [0.29, 0.717) is 0 Å². The zero-order valence-electron chi connectivity index (χ0n) is 30.7. The van der Waals surface area contributed by atoms with Crippen molar-refractivity contribution >= 4 is 71.5 Å². The Balaban J connectivity index is 1.08. The van der Waals surface area contributed by atoms with Crippen LogP contribution in [0.1, 0.15) is 29.0 Å². The Morgan fingerprint density at radius 3 is 2.00 bits per heavy atom. The van der Waals surface area contributed by atoms with E-state index < -0.39 is 0 Å². The highest BCUT2D eigenvalue weighted by Gasteiger charge is 2.29. The molecule has 0 bridgehead atoms. The number of benzene rings is 8. The molecule has 2 unspecified atom stereocenters. The number of fused-ring (bicyclic) bond motifs is 10. The molecule has 0 spiro atoms. The molecule has 6 nitrogen and oxygen atoms in total. The van der Waals surface area contributed by atoms with E-state index in [1.807, 2.05) is 24.3 Å².